The van der Waals surface area contributed by atoms with Crippen molar-refractivity contribution in [2.24, 2.45) is 0 Å². The molecule has 0 spiro atoms. The van der Waals surface area contributed by atoms with E-state index in [2.05, 4.69) is 15.4 Å². The summed E-state index contributed by atoms with van der Waals surface area (Å²) in [4.78, 5) is 11.3. The zero-order valence-electron chi connectivity index (χ0n) is 20.6. The molecule has 1 unspecified atom stereocenters. The number of para-hydroxylation sites is 1. The van der Waals surface area contributed by atoms with Gasteiger partial charge in [-0.25, -0.2) is 0 Å². The second kappa shape index (κ2) is 13.9. The molecule has 3 N–H and O–H groups in total. The van der Waals surface area contributed by atoms with Gasteiger partial charge in [0, 0.05) is 37.0 Å². The number of ether oxygens (including phenoxy) is 2. The molecule has 0 saturated heterocycles. The molecule has 0 aliphatic rings. The van der Waals surface area contributed by atoms with Crippen molar-refractivity contribution in [3.8, 4) is 22.6 Å². The number of rotatable bonds is 10. The normalized spacial score (nSPS) is 11.6. The van der Waals surface area contributed by atoms with Crippen molar-refractivity contribution in [3.63, 3.8) is 0 Å². The van der Waals surface area contributed by atoms with E-state index in [0.29, 0.717) is 18.2 Å². The summed E-state index contributed by atoms with van der Waals surface area (Å²) < 4.78 is 59.6. The Labute approximate surface area is 213 Å². The lowest BCUT2D eigenvalue weighted by Crippen LogP contribution is -2.45. The molecule has 3 aromatic carbocycles. The Bertz CT molecular complexity index is 1140. The van der Waals surface area contributed by atoms with Crippen LogP contribution in [0.15, 0.2) is 72.8 Å². The van der Waals surface area contributed by atoms with Crippen molar-refractivity contribution in [1.29, 1.82) is 5.41 Å². The molecule has 6 nitrogen and oxygen atoms in total. The summed E-state index contributed by atoms with van der Waals surface area (Å²) in [5, 5.41) is 12.8. The molecule has 0 aliphatic carbocycles. The molecule has 3 rings (SSSR count). The highest BCUT2D eigenvalue weighted by Gasteiger charge is 2.32. The van der Waals surface area contributed by atoms with Crippen LogP contribution >= 0.6 is 0 Å². The third-order valence-electron chi connectivity index (χ3n) is 4.97. The van der Waals surface area contributed by atoms with Crippen LogP contribution in [0.2, 0.25) is 0 Å². The molecule has 0 saturated carbocycles. The van der Waals surface area contributed by atoms with E-state index < -0.39 is 24.5 Å². The van der Waals surface area contributed by atoms with Crippen molar-refractivity contribution in [3.05, 3.63) is 78.4 Å². The first kappa shape index (κ1) is 29.2. The standard InChI is InChI=1S/C20H21F4N3O2.C7H8O/c1-12(27-18(28)20(2,23)24)11-26-17-8-5-14(9-15(17)10-25)13-3-6-16(7-4-13)29-19(21)22;1-8-7-5-3-2-4-6-7/h3-10,12,19,25-26H,11H2,1-2H3,(H,27,28);2-6H,1H3. The third kappa shape index (κ3) is 9.83. The molecule has 37 heavy (non-hydrogen) atoms. The van der Waals surface area contributed by atoms with Gasteiger partial charge in [-0.2, -0.15) is 17.6 Å². The largest absolute Gasteiger partial charge is 0.497 e. The number of carbonyl (C=O) groups excluding carboxylic acids is 1. The number of methoxy groups -OCH3 is 1. The Morgan fingerprint density at radius 1 is 1.00 bits per heavy atom. The lowest BCUT2D eigenvalue weighted by atomic mass is 10.0. The summed E-state index contributed by atoms with van der Waals surface area (Å²) in [5.41, 5.74) is 2.62. The summed E-state index contributed by atoms with van der Waals surface area (Å²) in [6.07, 6.45) is 1.13. The van der Waals surface area contributed by atoms with Gasteiger partial charge in [-0.15, -0.1) is 0 Å². The fourth-order valence-electron chi connectivity index (χ4n) is 3.07. The molecular formula is C27H29F4N3O3. The molecule has 1 amide bonds. The highest BCUT2D eigenvalue weighted by molar-refractivity contribution is 5.88. The van der Waals surface area contributed by atoms with Crippen molar-refractivity contribution in [2.75, 3.05) is 19.0 Å². The lowest BCUT2D eigenvalue weighted by molar-refractivity contribution is -0.143. The van der Waals surface area contributed by atoms with Gasteiger partial charge < -0.3 is 25.5 Å². The van der Waals surface area contributed by atoms with Gasteiger partial charge in [0.15, 0.2) is 0 Å². The van der Waals surface area contributed by atoms with Crippen LogP contribution in [0, 0.1) is 5.41 Å². The Morgan fingerprint density at radius 3 is 2.14 bits per heavy atom. The average Bonchev–Trinajstić information content (AvgIpc) is 2.87. The van der Waals surface area contributed by atoms with Crippen LogP contribution in [0.25, 0.3) is 11.1 Å². The first-order valence-corrected chi connectivity index (χ1v) is 11.2. The predicted molar refractivity (Wildman–Crippen MR) is 136 cm³/mol. The zero-order chi connectivity index (χ0) is 27.4. The van der Waals surface area contributed by atoms with E-state index in [-0.39, 0.29) is 12.3 Å². The molecule has 198 valence electrons. The average molecular weight is 520 g/mol. The van der Waals surface area contributed by atoms with Crippen LogP contribution in [-0.2, 0) is 4.79 Å². The molecule has 0 fully saturated rings. The fourth-order valence-corrected chi connectivity index (χ4v) is 3.07. The number of anilines is 1. The molecule has 0 aromatic heterocycles. The Morgan fingerprint density at radius 2 is 1.62 bits per heavy atom. The van der Waals surface area contributed by atoms with Crippen LogP contribution in [0.3, 0.4) is 0 Å². The SMILES string of the molecule is CC(CNc1ccc(-c2ccc(OC(F)F)cc2)cc1C=N)NC(=O)C(C)(F)F.COc1ccccc1. The lowest BCUT2D eigenvalue weighted by Gasteiger charge is -2.19. The molecule has 10 heteroatoms. The van der Waals surface area contributed by atoms with E-state index in [9.17, 15) is 22.4 Å². The van der Waals surface area contributed by atoms with Gasteiger partial charge >= 0.3 is 12.5 Å². The number of halogens is 4. The summed E-state index contributed by atoms with van der Waals surface area (Å²) in [7, 11) is 1.66. The van der Waals surface area contributed by atoms with E-state index >= 15 is 0 Å². The van der Waals surface area contributed by atoms with Crippen molar-refractivity contribution in [2.45, 2.75) is 32.4 Å². The minimum Gasteiger partial charge on any atom is -0.497 e. The number of benzene rings is 3. The Hall–Kier alpha value is -4.08. The van der Waals surface area contributed by atoms with E-state index in [1.807, 2.05) is 30.3 Å². The van der Waals surface area contributed by atoms with Gasteiger partial charge in [0.2, 0.25) is 0 Å². The summed E-state index contributed by atoms with van der Waals surface area (Å²) >= 11 is 0. The molecule has 0 bridgehead atoms. The Balaban J connectivity index is 0.000000510. The molecule has 0 radical (unpaired) electrons. The van der Waals surface area contributed by atoms with E-state index in [1.54, 1.807) is 44.4 Å². The number of hydrogen-bond acceptors (Lipinski definition) is 5. The van der Waals surface area contributed by atoms with Gasteiger partial charge in [0.05, 0.1) is 7.11 Å². The minimum absolute atomic E-state index is 0.0444. The predicted octanol–water partition coefficient (Wildman–Crippen LogP) is 6.22. The fraction of sp³-hybridized carbons (Fsp3) is 0.259. The summed E-state index contributed by atoms with van der Waals surface area (Å²) in [6, 6.07) is 20.4. The minimum atomic E-state index is -3.45. The Kier molecular flexibility index (Phi) is 10.9. The topological polar surface area (TPSA) is 83.4 Å². The molecular weight excluding hydrogens is 490 g/mol. The van der Waals surface area contributed by atoms with Gasteiger partial charge in [-0.3, -0.25) is 4.79 Å². The van der Waals surface area contributed by atoms with E-state index in [0.717, 1.165) is 23.1 Å². The van der Waals surface area contributed by atoms with Gasteiger partial charge in [0.25, 0.3) is 5.91 Å². The first-order chi connectivity index (χ1) is 17.5. The van der Waals surface area contributed by atoms with Gasteiger partial charge in [0.1, 0.15) is 11.5 Å². The molecule has 0 heterocycles. The zero-order valence-corrected chi connectivity index (χ0v) is 20.6. The number of amides is 1. The maximum Gasteiger partial charge on any atom is 0.387 e. The maximum atomic E-state index is 12.9. The highest BCUT2D eigenvalue weighted by Crippen LogP contribution is 2.27. The number of nitrogens with one attached hydrogen (secondary N) is 3. The quantitative estimate of drug-likeness (QED) is 0.219. The van der Waals surface area contributed by atoms with E-state index in [1.165, 1.54) is 12.1 Å². The third-order valence-corrected chi connectivity index (χ3v) is 4.97. The maximum absolute atomic E-state index is 12.9. The van der Waals surface area contributed by atoms with Crippen LogP contribution in [0.4, 0.5) is 23.2 Å². The highest BCUT2D eigenvalue weighted by atomic mass is 19.3. The molecule has 0 aliphatic heterocycles. The van der Waals surface area contributed by atoms with Gasteiger partial charge in [-0.1, -0.05) is 36.4 Å². The monoisotopic (exact) mass is 519 g/mol. The number of carbonyl (C=O) groups is 1. The van der Waals surface area contributed by atoms with E-state index in [4.69, 9.17) is 10.1 Å². The van der Waals surface area contributed by atoms with Crippen LogP contribution in [-0.4, -0.2) is 44.4 Å². The van der Waals surface area contributed by atoms with Crippen molar-refractivity contribution < 1.29 is 31.8 Å². The summed E-state index contributed by atoms with van der Waals surface area (Å²) in [6.45, 7) is -0.605. The first-order valence-electron chi connectivity index (χ1n) is 11.2. The van der Waals surface area contributed by atoms with Crippen molar-refractivity contribution >= 4 is 17.8 Å². The van der Waals surface area contributed by atoms with Crippen molar-refractivity contribution in [1.82, 2.24) is 5.32 Å². The second-order valence-electron chi connectivity index (χ2n) is 8.01. The van der Waals surface area contributed by atoms with Crippen LogP contribution in [0.1, 0.15) is 19.4 Å². The number of hydrogen-bond donors (Lipinski definition) is 3. The number of alkyl halides is 4. The molecule has 3 aromatic rings. The molecule has 1 atom stereocenters. The van der Waals surface area contributed by atoms with Crippen LogP contribution < -0.4 is 20.1 Å². The van der Waals surface area contributed by atoms with Crippen LogP contribution in [0.5, 0.6) is 11.5 Å². The van der Waals surface area contributed by atoms with Gasteiger partial charge in [-0.05, 0) is 54.4 Å². The summed E-state index contributed by atoms with van der Waals surface area (Å²) in [5.74, 6) is -3.85. The smallest absolute Gasteiger partial charge is 0.387 e. The second-order valence-corrected chi connectivity index (χ2v) is 8.01.